The Morgan fingerprint density at radius 2 is 2.00 bits per heavy atom. The van der Waals surface area contributed by atoms with Gasteiger partial charge in [0.1, 0.15) is 5.75 Å². The molecule has 6 nitrogen and oxygen atoms in total. The Bertz CT molecular complexity index is 678. The van der Waals surface area contributed by atoms with Gasteiger partial charge in [-0.05, 0) is 31.5 Å². The van der Waals surface area contributed by atoms with Crippen molar-refractivity contribution < 1.29 is 13.2 Å². The molecule has 0 aliphatic rings. The summed E-state index contributed by atoms with van der Waals surface area (Å²) in [5.74, 6) is 0.671. The zero-order valence-electron chi connectivity index (χ0n) is 10.9. The Kier molecular flexibility index (Phi) is 3.48. The molecule has 102 valence electrons. The highest BCUT2D eigenvalue weighted by atomic mass is 32.2. The van der Waals surface area contributed by atoms with E-state index in [-0.39, 0.29) is 5.03 Å². The minimum absolute atomic E-state index is 0.0199. The molecular weight excluding hydrogens is 266 g/mol. The van der Waals surface area contributed by atoms with Crippen molar-refractivity contribution in [2.75, 3.05) is 11.8 Å². The number of aryl methyl sites for hydroxylation is 1. The van der Waals surface area contributed by atoms with Gasteiger partial charge < -0.3 is 4.74 Å². The van der Waals surface area contributed by atoms with Crippen LogP contribution in [0.25, 0.3) is 0 Å². The van der Waals surface area contributed by atoms with Crippen LogP contribution in [-0.2, 0) is 10.0 Å². The van der Waals surface area contributed by atoms with Crippen LogP contribution in [-0.4, -0.2) is 25.7 Å². The Hall–Kier alpha value is -2.02. The number of aromatic amines is 1. The number of hydrogen-bond donors (Lipinski definition) is 2. The molecule has 19 heavy (non-hydrogen) atoms. The Balaban J connectivity index is 2.40. The summed E-state index contributed by atoms with van der Waals surface area (Å²) in [6, 6.07) is 4.90. The fourth-order valence-corrected chi connectivity index (χ4v) is 2.88. The number of anilines is 1. The number of nitrogens with zero attached hydrogens (tertiary/aromatic N) is 1. The summed E-state index contributed by atoms with van der Waals surface area (Å²) in [6.45, 7) is 3.70. The second-order valence-electron chi connectivity index (χ2n) is 4.11. The summed E-state index contributed by atoms with van der Waals surface area (Å²) in [7, 11) is -2.10. The molecule has 0 fully saturated rings. The Morgan fingerprint density at radius 3 is 2.58 bits per heavy atom. The first-order valence-electron chi connectivity index (χ1n) is 5.62. The average molecular weight is 281 g/mol. The van der Waals surface area contributed by atoms with Crippen LogP contribution >= 0.6 is 0 Å². The van der Waals surface area contributed by atoms with Gasteiger partial charge in [-0.2, -0.15) is 13.5 Å². The number of aromatic nitrogens is 2. The molecule has 0 aliphatic heterocycles. The Labute approximate surface area is 111 Å². The zero-order valence-corrected chi connectivity index (χ0v) is 11.7. The summed E-state index contributed by atoms with van der Waals surface area (Å²) in [4.78, 5) is 0. The lowest BCUT2D eigenvalue weighted by Gasteiger charge is -2.14. The van der Waals surface area contributed by atoms with Crippen molar-refractivity contribution in [1.29, 1.82) is 0 Å². The van der Waals surface area contributed by atoms with Gasteiger partial charge in [0, 0.05) is 5.56 Å². The minimum Gasteiger partial charge on any atom is -0.496 e. The molecule has 0 saturated heterocycles. The van der Waals surface area contributed by atoms with Gasteiger partial charge in [0.25, 0.3) is 10.0 Å². The molecule has 2 rings (SSSR count). The number of ether oxygens (including phenoxy) is 1. The van der Waals surface area contributed by atoms with Crippen molar-refractivity contribution in [3.63, 3.8) is 0 Å². The lowest BCUT2D eigenvalue weighted by Crippen LogP contribution is -2.14. The summed E-state index contributed by atoms with van der Waals surface area (Å²) in [5.41, 5.74) is 2.17. The van der Waals surface area contributed by atoms with E-state index in [2.05, 4.69) is 14.9 Å². The van der Waals surface area contributed by atoms with Gasteiger partial charge in [-0.3, -0.25) is 9.82 Å². The lowest BCUT2D eigenvalue weighted by molar-refractivity contribution is 0.409. The molecule has 1 aromatic heterocycles. The zero-order chi connectivity index (χ0) is 14.0. The van der Waals surface area contributed by atoms with Crippen LogP contribution < -0.4 is 9.46 Å². The topological polar surface area (TPSA) is 84.1 Å². The summed E-state index contributed by atoms with van der Waals surface area (Å²) in [5, 5.41) is 6.08. The van der Waals surface area contributed by atoms with E-state index >= 15 is 0 Å². The molecule has 1 heterocycles. The predicted octanol–water partition coefficient (Wildman–Crippen LogP) is 1.84. The number of rotatable bonds is 4. The molecule has 0 saturated carbocycles. The number of sulfonamides is 1. The van der Waals surface area contributed by atoms with Crippen molar-refractivity contribution in [3.8, 4) is 5.75 Å². The molecule has 0 unspecified atom stereocenters. The molecule has 2 N–H and O–H groups in total. The van der Waals surface area contributed by atoms with Crippen LogP contribution in [0.3, 0.4) is 0 Å². The van der Waals surface area contributed by atoms with E-state index in [0.717, 1.165) is 11.1 Å². The predicted molar refractivity (Wildman–Crippen MR) is 71.9 cm³/mol. The number of methoxy groups -OCH3 is 1. The second kappa shape index (κ2) is 4.93. The van der Waals surface area contributed by atoms with E-state index in [1.807, 2.05) is 6.92 Å². The van der Waals surface area contributed by atoms with E-state index in [4.69, 9.17) is 4.74 Å². The van der Waals surface area contributed by atoms with Crippen molar-refractivity contribution >= 4 is 15.7 Å². The van der Waals surface area contributed by atoms with Crippen LogP contribution in [0.4, 0.5) is 5.69 Å². The van der Waals surface area contributed by atoms with Gasteiger partial charge in [0.15, 0.2) is 5.03 Å². The third-order valence-corrected chi connectivity index (χ3v) is 4.11. The molecule has 0 radical (unpaired) electrons. The molecule has 7 heteroatoms. The first kappa shape index (κ1) is 13.4. The monoisotopic (exact) mass is 281 g/mol. The van der Waals surface area contributed by atoms with E-state index in [1.54, 1.807) is 26.2 Å². The number of benzene rings is 1. The highest BCUT2D eigenvalue weighted by Crippen LogP contribution is 2.30. The summed E-state index contributed by atoms with van der Waals surface area (Å²) in [6.07, 6.45) is 1.39. The van der Waals surface area contributed by atoms with Gasteiger partial charge in [0.05, 0.1) is 19.0 Å². The van der Waals surface area contributed by atoms with Crippen molar-refractivity contribution in [2.24, 2.45) is 0 Å². The number of nitrogens with one attached hydrogen (secondary N) is 2. The van der Waals surface area contributed by atoms with Crippen LogP contribution in [0.2, 0.25) is 0 Å². The standard InChI is InChI=1S/C12H15N3O3S/c1-8-4-5-10(9(2)12(8)18-3)15-19(16,17)11-6-7-13-14-11/h4-7,15H,1-3H3,(H,13,14). The summed E-state index contributed by atoms with van der Waals surface area (Å²) < 4.78 is 31.9. The number of hydrogen-bond acceptors (Lipinski definition) is 4. The highest BCUT2D eigenvalue weighted by molar-refractivity contribution is 7.92. The van der Waals surface area contributed by atoms with Crippen molar-refractivity contribution in [1.82, 2.24) is 10.2 Å². The van der Waals surface area contributed by atoms with E-state index < -0.39 is 10.0 Å². The fraction of sp³-hybridized carbons (Fsp3) is 0.250. The maximum Gasteiger partial charge on any atom is 0.278 e. The first-order chi connectivity index (χ1) is 8.95. The molecule has 0 spiro atoms. The van der Waals surface area contributed by atoms with Gasteiger partial charge in [0.2, 0.25) is 0 Å². The van der Waals surface area contributed by atoms with Gasteiger partial charge in [-0.1, -0.05) is 6.07 Å². The van der Waals surface area contributed by atoms with Crippen molar-refractivity contribution in [2.45, 2.75) is 18.9 Å². The second-order valence-corrected chi connectivity index (χ2v) is 5.77. The third-order valence-electron chi connectivity index (χ3n) is 2.82. The molecule has 0 aliphatic carbocycles. The van der Waals surface area contributed by atoms with E-state index in [1.165, 1.54) is 12.3 Å². The third kappa shape index (κ3) is 2.55. The van der Waals surface area contributed by atoms with Crippen LogP contribution in [0.15, 0.2) is 29.4 Å². The maximum absolute atomic E-state index is 12.1. The van der Waals surface area contributed by atoms with Gasteiger partial charge in [-0.25, -0.2) is 0 Å². The van der Waals surface area contributed by atoms with Crippen molar-refractivity contribution in [3.05, 3.63) is 35.5 Å². The van der Waals surface area contributed by atoms with Crippen LogP contribution in [0.1, 0.15) is 11.1 Å². The smallest absolute Gasteiger partial charge is 0.278 e. The normalized spacial score (nSPS) is 11.3. The fourth-order valence-electron chi connectivity index (χ4n) is 1.84. The SMILES string of the molecule is COc1c(C)ccc(NS(=O)(=O)c2ccn[nH]2)c1C. The largest absolute Gasteiger partial charge is 0.496 e. The molecule has 0 amide bonds. The maximum atomic E-state index is 12.1. The Morgan fingerprint density at radius 1 is 1.26 bits per heavy atom. The molecule has 1 aromatic carbocycles. The van der Waals surface area contributed by atoms with Crippen LogP contribution in [0, 0.1) is 13.8 Å². The van der Waals surface area contributed by atoms with Gasteiger partial charge in [-0.15, -0.1) is 0 Å². The van der Waals surface area contributed by atoms with E-state index in [0.29, 0.717) is 11.4 Å². The van der Waals surface area contributed by atoms with E-state index in [9.17, 15) is 8.42 Å². The first-order valence-corrected chi connectivity index (χ1v) is 7.10. The number of H-pyrrole nitrogens is 1. The van der Waals surface area contributed by atoms with Crippen LogP contribution in [0.5, 0.6) is 5.75 Å². The quantitative estimate of drug-likeness (QED) is 0.895. The summed E-state index contributed by atoms with van der Waals surface area (Å²) >= 11 is 0. The minimum atomic E-state index is -3.65. The lowest BCUT2D eigenvalue weighted by atomic mass is 10.1. The highest BCUT2D eigenvalue weighted by Gasteiger charge is 2.18. The average Bonchev–Trinajstić information content (AvgIpc) is 2.88. The molecule has 0 bridgehead atoms. The van der Waals surface area contributed by atoms with Gasteiger partial charge >= 0.3 is 0 Å². The molecule has 0 atom stereocenters. The molecular formula is C12H15N3O3S. The molecule has 2 aromatic rings.